The van der Waals surface area contributed by atoms with Crippen molar-refractivity contribution in [2.24, 2.45) is 24.8 Å². The summed E-state index contributed by atoms with van der Waals surface area (Å²) in [5.74, 6) is 2.92. The van der Waals surface area contributed by atoms with Crippen LogP contribution in [0.1, 0.15) is 38.3 Å². The Morgan fingerprint density at radius 2 is 2.35 bits per heavy atom. The van der Waals surface area contributed by atoms with Gasteiger partial charge in [-0.3, -0.25) is 4.68 Å². The van der Waals surface area contributed by atoms with E-state index in [1.165, 1.54) is 25.7 Å². The molecular formula is C13H22N4. The van der Waals surface area contributed by atoms with Gasteiger partial charge in [0.1, 0.15) is 0 Å². The molecule has 0 aromatic carbocycles. The third-order valence-electron chi connectivity index (χ3n) is 4.69. The third kappa shape index (κ3) is 2.23. The van der Waals surface area contributed by atoms with Crippen molar-refractivity contribution in [3.63, 3.8) is 0 Å². The summed E-state index contributed by atoms with van der Waals surface area (Å²) in [7, 11) is 1.91. The second-order valence-electron chi connectivity index (χ2n) is 5.89. The summed E-state index contributed by atoms with van der Waals surface area (Å²) >= 11 is 0. The van der Waals surface area contributed by atoms with E-state index in [1.54, 1.807) is 4.68 Å². The Balaban J connectivity index is 1.52. The fourth-order valence-corrected chi connectivity index (χ4v) is 3.80. The Bertz CT molecular complexity index is 387. The Kier molecular flexibility index (Phi) is 2.90. The predicted octanol–water partition coefficient (Wildman–Crippen LogP) is 1.73. The Labute approximate surface area is 103 Å². The first kappa shape index (κ1) is 11.2. The summed E-state index contributed by atoms with van der Waals surface area (Å²) in [5.41, 5.74) is 1.04. The lowest BCUT2D eigenvalue weighted by Crippen LogP contribution is -2.35. The van der Waals surface area contributed by atoms with Gasteiger partial charge in [0.2, 0.25) is 0 Å². The molecule has 1 aromatic heterocycles. The Morgan fingerprint density at radius 3 is 2.94 bits per heavy atom. The van der Waals surface area contributed by atoms with Crippen LogP contribution in [-0.4, -0.2) is 21.0 Å². The molecule has 4 unspecified atom stereocenters. The van der Waals surface area contributed by atoms with Crippen molar-refractivity contribution in [2.45, 2.75) is 45.2 Å². The zero-order chi connectivity index (χ0) is 11.8. The number of hydrogen-bond donors (Lipinski definition) is 1. The van der Waals surface area contributed by atoms with E-state index >= 15 is 0 Å². The van der Waals surface area contributed by atoms with Gasteiger partial charge in [-0.15, -0.1) is 5.10 Å². The largest absolute Gasteiger partial charge is 0.308 e. The molecule has 0 radical (unpaired) electrons. The molecule has 0 spiro atoms. The Hall–Kier alpha value is -0.900. The van der Waals surface area contributed by atoms with Crippen molar-refractivity contribution < 1.29 is 0 Å². The van der Waals surface area contributed by atoms with Crippen LogP contribution in [0.4, 0.5) is 0 Å². The summed E-state index contributed by atoms with van der Waals surface area (Å²) in [4.78, 5) is 0. The molecule has 0 amide bonds. The van der Waals surface area contributed by atoms with Gasteiger partial charge in [0, 0.05) is 25.8 Å². The van der Waals surface area contributed by atoms with Gasteiger partial charge in [0.15, 0.2) is 0 Å². The lowest BCUT2D eigenvalue weighted by molar-refractivity contribution is 0.259. The fraction of sp³-hybridized carbons (Fsp3) is 0.846. The molecule has 4 atom stereocenters. The van der Waals surface area contributed by atoms with Gasteiger partial charge in [-0.25, -0.2) is 0 Å². The summed E-state index contributed by atoms with van der Waals surface area (Å²) in [6, 6.07) is 0.618. The van der Waals surface area contributed by atoms with Crippen LogP contribution in [0.15, 0.2) is 6.20 Å². The smallest absolute Gasteiger partial charge is 0.0964 e. The molecule has 0 aliphatic heterocycles. The van der Waals surface area contributed by atoms with Gasteiger partial charge in [0.05, 0.1) is 5.69 Å². The molecule has 2 bridgehead atoms. The lowest BCUT2D eigenvalue weighted by atomic mass is 9.84. The molecule has 94 valence electrons. The van der Waals surface area contributed by atoms with Crippen LogP contribution in [0, 0.1) is 17.8 Å². The third-order valence-corrected chi connectivity index (χ3v) is 4.69. The highest BCUT2D eigenvalue weighted by atomic mass is 15.4. The number of rotatable bonds is 4. The molecule has 4 nitrogen and oxygen atoms in total. The summed E-state index contributed by atoms with van der Waals surface area (Å²) in [5, 5.41) is 11.7. The SMILES string of the molecule is CC(NCc1cn(C)nn1)C1CC2CCC1C2. The van der Waals surface area contributed by atoms with E-state index in [9.17, 15) is 0 Å². The summed E-state index contributed by atoms with van der Waals surface area (Å²) < 4.78 is 1.76. The van der Waals surface area contributed by atoms with Gasteiger partial charge in [-0.05, 0) is 43.9 Å². The second kappa shape index (κ2) is 4.41. The number of fused-ring (bicyclic) bond motifs is 2. The van der Waals surface area contributed by atoms with Crippen molar-refractivity contribution in [1.82, 2.24) is 20.3 Å². The first-order valence-electron chi connectivity index (χ1n) is 6.81. The molecule has 2 fully saturated rings. The molecule has 1 heterocycles. The second-order valence-corrected chi connectivity index (χ2v) is 5.89. The lowest BCUT2D eigenvalue weighted by Gasteiger charge is -2.28. The molecule has 3 rings (SSSR count). The topological polar surface area (TPSA) is 42.7 Å². The van der Waals surface area contributed by atoms with Crippen LogP contribution in [0.25, 0.3) is 0 Å². The summed E-state index contributed by atoms with van der Waals surface area (Å²) in [6.45, 7) is 3.19. The van der Waals surface area contributed by atoms with Crippen molar-refractivity contribution in [2.75, 3.05) is 0 Å². The minimum absolute atomic E-state index is 0.618. The highest BCUT2D eigenvalue weighted by Crippen LogP contribution is 2.49. The van der Waals surface area contributed by atoms with E-state index in [1.807, 2.05) is 13.2 Å². The van der Waals surface area contributed by atoms with Gasteiger partial charge < -0.3 is 5.32 Å². The molecule has 0 saturated heterocycles. The normalized spacial score (nSPS) is 33.2. The molecule has 17 heavy (non-hydrogen) atoms. The van der Waals surface area contributed by atoms with Crippen LogP contribution < -0.4 is 5.32 Å². The number of nitrogens with one attached hydrogen (secondary N) is 1. The van der Waals surface area contributed by atoms with Crippen molar-refractivity contribution in [3.05, 3.63) is 11.9 Å². The predicted molar refractivity (Wildman–Crippen MR) is 66.2 cm³/mol. The number of aryl methyl sites for hydroxylation is 1. The minimum Gasteiger partial charge on any atom is -0.308 e. The van der Waals surface area contributed by atoms with Crippen LogP contribution >= 0.6 is 0 Å². The highest BCUT2D eigenvalue weighted by Gasteiger charge is 2.41. The maximum atomic E-state index is 4.11. The van der Waals surface area contributed by atoms with E-state index in [4.69, 9.17) is 0 Å². The molecule has 2 aliphatic carbocycles. The minimum atomic E-state index is 0.618. The zero-order valence-electron chi connectivity index (χ0n) is 10.8. The van der Waals surface area contributed by atoms with Crippen molar-refractivity contribution in [1.29, 1.82) is 0 Å². The Morgan fingerprint density at radius 1 is 1.47 bits per heavy atom. The number of aromatic nitrogens is 3. The molecule has 2 aliphatic rings. The van der Waals surface area contributed by atoms with Gasteiger partial charge in [0.25, 0.3) is 0 Å². The average molecular weight is 234 g/mol. The first-order valence-corrected chi connectivity index (χ1v) is 6.81. The number of hydrogen-bond acceptors (Lipinski definition) is 3. The van der Waals surface area contributed by atoms with Gasteiger partial charge in [-0.2, -0.15) is 0 Å². The zero-order valence-corrected chi connectivity index (χ0v) is 10.8. The fourth-order valence-electron chi connectivity index (χ4n) is 3.80. The van der Waals surface area contributed by atoms with Crippen LogP contribution in [0.2, 0.25) is 0 Å². The van der Waals surface area contributed by atoms with Gasteiger partial charge >= 0.3 is 0 Å². The molecule has 1 N–H and O–H groups in total. The van der Waals surface area contributed by atoms with Crippen molar-refractivity contribution in [3.8, 4) is 0 Å². The quantitative estimate of drug-likeness (QED) is 0.862. The average Bonchev–Trinajstić information content (AvgIpc) is 3.01. The van der Waals surface area contributed by atoms with Crippen LogP contribution in [-0.2, 0) is 13.6 Å². The van der Waals surface area contributed by atoms with E-state index in [-0.39, 0.29) is 0 Å². The maximum absolute atomic E-state index is 4.11. The first-order chi connectivity index (χ1) is 8.22. The van der Waals surface area contributed by atoms with E-state index in [2.05, 4.69) is 22.6 Å². The molecule has 4 heteroatoms. The standard InChI is InChI=1S/C13H22N4/c1-9(13-6-10-3-4-11(13)5-10)14-7-12-8-17(2)16-15-12/h8-11,13-14H,3-7H2,1-2H3. The van der Waals surface area contributed by atoms with E-state index in [0.29, 0.717) is 6.04 Å². The van der Waals surface area contributed by atoms with Crippen molar-refractivity contribution >= 4 is 0 Å². The monoisotopic (exact) mass is 234 g/mol. The van der Waals surface area contributed by atoms with E-state index < -0.39 is 0 Å². The van der Waals surface area contributed by atoms with Gasteiger partial charge in [-0.1, -0.05) is 11.6 Å². The molecule has 1 aromatic rings. The van der Waals surface area contributed by atoms with Crippen LogP contribution in [0.5, 0.6) is 0 Å². The van der Waals surface area contributed by atoms with Crippen LogP contribution in [0.3, 0.4) is 0 Å². The number of nitrogens with zero attached hydrogens (tertiary/aromatic N) is 3. The molecular weight excluding hydrogens is 212 g/mol. The summed E-state index contributed by atoms with van der Waals surface area (Å²) in [6.07, 6.45) is 7.87. The molecule has 2 saturated carbocycles. The maximum Gasteiger partial charge on any atom is 0.0964 e. The van der Waals surface area contributed by atoms with E-state index in [0.717, 1.165) is 30.0 Å². The highest BCUT2D eigenvalue weighted by molar-refractivity contribution is 4.96.